The number of halogens is 3. The lowest BCUT2D eigenvalue weighted by atomic mass is 10.2. The first kappa shape index (κ1) is 15.8. The number of rotatable bonds is 4. The van der Waals surface area contributed by atoms with Gasteiger partial charge in [-0.1, -0.05) is 6.07 Å². The van der Waals surface area contributed by atoms with Gasteiger partial charge in [0.05, 0.1) is 5.69 Å². The summed E-state index contributed by atoms with van der Waals surface area (Å²) in [7, 11) is 0. The van der Waals surface area contributed by atoms with E-state index in [4.69, 9.17) is 16.4 Å². The van der Waals surface area contributed by atoms with Crippen molar-refractivity contribution in [1.29, 1.82) is 10.7 Å². The van der Waals surface area contributed by atoms with Crippen LogP contribution in [-0.4, -0.2) is 17.1 Å². The summed E-state index contributed by atoms with van der Waals surface area (Å²) in [6.45, 7) is 1.70. The number of nitrogens with two attached hydrogens (primary N) is 1. The van der Waals surface area contributed by atoms with Gasteiger partial charge in [0.15, 0.2) is 5.84 Å². The van der Waals surface area contributed by atoms with E-state index in [1.54, 1.807) is 13.0 Å². The summed E-state index contributed by atoms with van der Waals surface area (Å²) in [5, 5.41) is 19.2. The molecular weight excluding hydrogens is 291 g/mol. The predicted molar refractivity (Wildman–Crippen MR) is 71.7 cm³/mol. The maximum atomic E-state index is 12.4. The molecule has 0 unspecified atom stereocenters. The second-order valence-corrected chi connectivity index (χ2v) is 4.75. The van der Waals surface area contributed by atoms with E-state index in [0.29, 0.717) is 0 Å². The molecule has 0 bridgehead atoms. The first-order chi connectivity index (χ1) is 9.23. The molecule has 0 spiro atoms. The van der Waals surface area contributed by atoms with Crippen LogP contribution in [0.4, 0.5) is 18.9 Å². The van der Waals surface area contributed by atoms with Gasteiger partial charge in [-0.3, -0.25) is 10.8 Å². The lowest BCUT2D eigenvalue weighted by Gasteiger charge is -2.11. The van der Waals surface area contributed by atoms with E-state index in [9.17, 15) is 13.2 Å². The van der Waals surface area contributed by atoms with Gasteiger partial charge in [0.2, 0.25) is 5.71 Å². The van der Waals surface area contributed by atoms with Crippen LogP contribution in [0.15, 0.2) is 28.2 Å². The molecule has 0 heterocycles. The Morgan fingerprint density at radius 3 is 2.65 bits per heavy atom. The van der Waals surface area contributed by atoms with Crippen LogP contribution in [-0.2, 0) is 0 Å². The first-order valence-corrected chi connectivity index (χ1v) is 5.99. The van der Waals surface area contributed by atoms with Gasteiger partial charge in [-0.15, -0.1) is 0 Å². The average molecular weight is 301 g/mol. The maximum absolute atomic E-state index is 12.4. The van der Waals surface area contributed by atoms with Crippen LogP contribution in [0, 0.1) is 23.7 Å². The van der Waals surface area contributed by atoms with Crippen molar-refractivity contribution in [2.45, 2.75) is 17.3 Å². The molecule has 0 radical (unpaired) electrons. The lowest BCUT2D eigenvalue weighted by molar-refractivity contribution is -0.0327. The van der Waals surface area contributed by atoms with Crippen molar-refractivity contribution in [2.75, 3.05) is 5.43 Å². The number of hydrogen-bond acceptors (Lipinski definition) is 5. The van der Waals surface area contributed by atoms with Crippen molar-refractivity contribution < 1.29 is 13.2 Å². The molecule has 0 amide bonds. The zero-order chi connectivity index (χ0) is 15.3. The van der Waals surface area contributed by atoms with E-state index in [0.717, 1.165) is 5.56 Å². The summed E-state index contributed by atoms with van der Waals surface area (Å²) in [6, 6.07) is 5.84. The fourth-order valence-corrected chi connectivity index (χ4v) is 1.81. The smallest absolute Gasteiger partial charge is 0.382 e. The topological polar surface area (TPSA) is 98.0 Å². The Hall–Kier alpha value is -2.21. The van der Waals surface area contributed by atoms with Crippen molar-refractivity contribution in [3.63, 3.8) is 0 Å². The molecule has 1 rings (SSSR count). The van der Waals surface area contributed by atoms with Crippen LogP contribution in [0.3, 0.4) is 0 Å². The molecule has 0 saturated heterocycles. The highest BCUT2D eigenvalue weighted by Gasteiger charge is 2.30. The fourth-order valence-electron chi connectivity index (χ4n) is 1.21. The zero-order valence-electron chi connectivity index (χ0n) is 10.2. The highest BCUT2D eigenvalue weighted by atomic mass is 32.2. The second-order valence-electron chi connectivity index (χ2n) is 3.65. The first-order valence-electron chi connectivity index (χ1n) is 5.17. The third-order valence-corrected chi connectivity index (χ3v) is 2.82. The van der Waals surface area contributed by atoms with Crippen LogP contribution >= 0.6 is 11.8 Å². The molecule has 5 nitrogen and oxygen atoms in total. The number of alkyl halides is 3. The van der Waals surface area contributed by atoms with Gasteiger partial charge >= 0.3 is 5.51 Å². The Kier molecular flexibility index (Phi) is 4.99. The molecule has 1 aromatic rings. The summed E-state index contributed by atoms with van der Waals surface area (Å²) in [5.74, 6) is -0.572. The normalized spacial score (nSPS) is 11.8. The third-order valence-electron chi connectivity index (χ3n) is 2.01. The quantitative estimate of drug-likeness (QED) is 0.345. The summed E-state index contributed by atoms with van der Waals surface area (Å²) >= 11 is -0.296. The molecule has 9 heteroatoms. The van der Waals surface area contributed by atoms with Gasteiger partial charge in [0.1, 0.15) is 6.07 Å². The molecule has 0 aliphatic rings. The molecule has 0 saturated carbocycles. The minimum absolute atomic E-state index is 0.0846. The molecule has 0 aliphatic carbocycles. The zero-order valence-corrected chi connectivity index (χ0v) is 11.1. The Labute approximate surface area is 117 Å². The van der Waals surface area contributed by atoms with Crippen molar-refractivity contribution in [1.82, 2.24) is 0 Å². The second kappa shape index (κ2) is 6.29. The molecule has 4 N–H and O–H groups in total. The van der Waals surface area contributed by atoms with Gasteiger partial charge in [-0.2, -0.15) is 23.5 Å². The number of amidine groups is 1. The Bertz CT molecular complexity index is 589. The van der Waals surface area contributed by atoms with Crippen LogP contribution in [0.25, 0.3) is 0 Å². The van der Waals surface area contributed by atoms with Crippen LogP contribution < -0.4 is 11.2 Å². The summed E-state index contributed by atoms with van der Waals surface area (Å²) in [5.41, 5.74) is 3.38. The minimum Gasteiger partial charge on any atom is -0.382 e. The highest BCUT2D eigenvalue weighted by Crippen LogP contribution is 2.40. The van der Waals surface area contributed by atoms with Crippen LogP contribution in [0.1, 0.15) is 5.56 Å². The number of aryl methyl sites for hydroxylation is 1. The van der Waals surface area contributed by atoms with Crippen molar-refractivity contribution in [3.8, 4) is 6.07 Å². The lowest BCUT2D eigenvalue weighted by Crippen LogP contribution is -2.22. The molecule has 0 aliphatic heterocycles. The molecule has 20 heavy (non-hydrogen) atoms. The van der Waals surface area contributed by atoms with Crippen LogP contribution in [0.5, 0.6) is 0 Å². The molecule has 0 atom stereocenters. The molecule has 0 aromatic heterocycles. The monoisotopic (exact) mass is 301 g/mol. The number of hydrogen-bond donors (Lipinski definition) is 3. The number of anilines is 1. The van der Waals surface area contributed by atoms with Crippen LogP contribution in [0.2, 0.25) is 0 Å². The van der Waals surface area contributed by atoms with Gasteiger partial charge in [-0.25, -0.2) is 0 Å². The van der Waals surface area contributed by atoms with E-state index in [1.165, 1.54) is 18.2 Å². The van der Waals surface area contributed by atoms with Crippen molar-refractivity contribution >= 4 is 29.0 Å². The molecule has 106 valence electrons. The number of benzene rings is 1. The van der Waals surface area contributed by atoms with Crippen molar-refractivity contribution in [2.24, 2.45) is 10.8 Å². The summed E-state index contributed by atoms with van der Waals surface area (Å²) in [4.78, 5) is -0.0901. The van der Waals surface area contributed by atoms with Gasteiger partial charge in [-0.05, 0) is 36.4 Å². The van der Waals surface area contributed by atoms with E-state index >= 15 is 0 Å². The van der Waals surface area contributed by atoms with E-state index in [-0.39, 0.29) is 22.3 Å². The number of nitrogens with zero attached hydrogens (tertiary/aromatic N) is 2. The van der Waals surface area contributed by atoms with Gasteiger partial charge in [0, 0.05) is 4.90 Å². The molecule has 1 aromatic carbocycles. The molecule has 0 fully saturated rings. The Morgan fingerprint density at radius 1 is 1.50 bits per heavy atom. The van der Waals surface area contributed by atoms with Gasteiger partial charge in [0.25, 0.3) is 0 Å². The van der Waals surface area contributed by atoms with Gasteiger partial charge < -0.3 is 5.73 Å². The van der Waals surface area contributed by atoms with E-state index in [1.807, 2.05) is 0 Å². The Morgan fingerprint density at radius 2 is 2.15 bits per heavy atom. The summed E-state index contributed by atoms with van der Waals surface area (Å²) in [6.07, 6.45) is 0. The summed E-state index contributed by atoms with van der Waals surface area (Å²) < 4.78 is 37.2. The fraction of sp³-hybridized carbons (Fsp3) is 0.182. The SMILES string of the molecule is Cc1ccc(SC(F)(F)F)c(N/N=C(\C#N)C(=N)N)c1. The third kappa shape index (κ3) is 4.81. The standard InChI is InChI=1S/C11H10F3N5S/c1-6-2-3-9(20-11(12,13)14)7(4-6)18-19-8(5-15)10(16)17/h2-4,18H,1H3,(H3,16,17)/b19-8+. The number of nitrogens with one attached hydrogen (secondary N) is 2. The number of nitriles is 1. The Balaban J connectivity index is 3.08. The molecular formula is C11H10F3N5S. The van der Waals surface area contributed by atoms with Crippen molar-refractivity contribution in [3.05, 3.63) is 23.8 Å². The number of hydrazone groups is 1. The highest BCUT2D eigenvalue weighted by molar-refractivity contribution is 8.00. The number of thioether (sulfide) groups is 1. The largest absolute Gasteiger partial charge is 0.446 e. The van der Waals surface area contributed by atoms with E-state index in [2.05, 4.69) is 10.5 Å². The minimum atomic E-state index is -4.44. The predicted octanol–water partition coefficient (Wildman–Crippen LogP) is 2.83. The average Bonchev–Trinajstić information content (AvgIpc) is 2.31. The van der Waals surface area contributed by atoms with E-state index < -0.39 is 17.1 Å². The maximum Gasteiger partial charge on any atom is 0.446 e.